The van der Waals surface area contributed by atoms with Crippen LogP contribution in [0.15, 0.2) is 12.1 Å². The Bertz CT molecular complexity index is 412. The van der Waals surface area contributed by atoms with E-state index in [1.54, 1.807) is 0 Å². The standard InChI is InChI=1S/C15H24N2/c1-11-8-13(15(10-16)6-5-7-15)9-14(12(11)2)17(3)4/h8-9H,5-7,10,16H2,1-4H3. The quantitative estimate of drug-likeness (QED) is 0.868. The van der Waals surface area contributed by atoms with Gasteiger partial charge in [0.2, 0.25) is 0 Å². The molecule has 94 valence electrons. The molecular formula is C15H24N2. The molecule has 0 bridgehead atoms. The summed E-state index contributed by atoms with van der Waals surface area (Å²) in [7, 11) is 4.23. The lowest BCUT2D eigenvalue weighted by Crippen LogP contribution is -2.41. The fourth-order valence-corrected chi connectivity index (χ4v) is 2.83. The number of rotatable bonds is 3. The Labute approximate surface area is 105 Å². The van der Waals surface area contributed by atoms with Crippen molar-refractivity contribution >= 4 is 5.69 Å². The van der Waals surface area contributed by atoms with Gasteiger partial charge in [0.15, 0.2) is 0 Å². The first-order valence-electron chi connectivity index (χ1n) is 6.49. The lowest BCUT2D eigenvalue weighted by atomic mass is 9.64. The summed E-state index contributed by atoms with van der Waals surface area (Å²) in [6, 6.07) is 4.68. The first-order valence-corrected chi connectivity index (χ1v) is 6.49. The molecule has 2 nitrogen and oxygen atoms in total. The van der Waals surface area contributed by atoms with E-state index in [-0.39, 0.29) is 5.41 Å². The van der Waals surface area contributed by atoms with Crippen LogP contribution in [0.5, 0.6) is 0 Å². The lowest BCUT2D eigenvalue weighted by molar-refractivity contribution is 0.253. The lowest BCUT2D eigenvalue weighted by Gasteiger charge is -2.42. The van der Waals surface area contributed by atoms with E-state index in [2.05, 4.69) is 45.0 Å². The van der Waals surface area contributed by atoms with Crippen LogP contribution in [0.3, 0.4) is 0 Å². The van der Waals surface area contributed by atoms with Gasteiger partial charge in [-0.05, 0) is 49.4 Å². The molecule has 0 aromatic heterocycles. The first-order chi connectivity index (χ1) is 8.00. The summed E-state index contributed by atoms with van der Waals surface area (Å²) in [6.45, 7) is 5.18. The van der Waals surface area contributed by atoms with Crippen LogP contribution in [0.2, 0.25) is 0 Å². The van der Waals surface area contributed by atoms with Crippen molar-refractivity contribution in [2.75, 3.05) is 25.5 Å². The minimum atomic E-state index is 0.267. The molecule has 2 N–H and O–H groups in total. The minimum Gasteiger partial charge on any atom is -0.377 e. The van der Waals surface area contributed by atoms with Crippen LogP contribution in [0.1, 0.15) is 36.0 Å². The topological polar surface area (TPSA) is 29.3 Å². The third kappa shape index (κ3) is 1.95. The van der Waals surface area contributed by atoms with E-state index in [9.17, 15) is 0 Å². The van der Waals surface area contributed by atoms with Gasteiger partial charge in [0.05, 0.1) is 0 Å². The third-order valence-electron chi connectivity index (χ3n) is 4.44. The van der Waals surface area contributed by atoms with Gasteiger partial charge in [0.1, 0.15) is 0 Å². The van der Waals surface area contributed by atoms with Crippen molar-refractivity contribution in [3.8, 4) is 0 Å². The minimum absolute atomic E-state index is 0.267. The SMILES string of the molecule is Cc1cc(C2(CN)CCC2)cc(N(C)C)c1C. The molecular weight excluding hydrogens is 208 g/mol. The highest BCUT2D eigenvalue weighted by atomic mass is 15.1. The molecule has 1 aromatic rings. The Morgan fingerprint density at radius 3 is 2.29 bits per heavy atom. The Morgan fingerprint density at radius 2 is 1.88 bits per heavy atom. The third-order valence-corrected chi connectivity index (χ3v) is 4.44. The molecule has 0 aliphatic heterocycles. The number of anilines is 1. The number of hydrogen-bond acceptors (Lipinski definition) is 2. The summed E-state index contributed by atoms with van der Waals surface area (Å²) < 4.78 is 0. The zero-order valence-corrected chi connectivity index (χ0v) is 11.5. The fourth-order valence-electron chi connectivity index (χ4n) is 2.83. The average molecular weight is 232 g/mol. The van der Waals surface area contributed by atoms with E-state index in [1.165, 1.54) is 41.6 Å². The van der Waals surface area contributed by atoms with Crippen LogP contribution < -0.4 is 10.6 Å². The summed E-state index contributed by atoms with van der Waals surface area (Å²) in [5.74, 6) is 0. The number of aryl methyl sites for hydroxylation is 1. The van der Waals surface area contributed by atoms with Crippen molar-refractivity contribution in [1.82, 2.24) is 0 Å². The number of hydrogen-bond donors (Lipinski definition) is 1. The van der Waals surface area contributed by atoms with Gasteiger partial charge in [0, 0.05) is 31.7 Å². The van der Waals surface area contributed by atoms with Gasteiger partial charge in [-0.3, -0.25) is 0 Å². The second-order valence-electron chi connectivity index (χ2n) is 5.67. The molecule has 1 aromatic carbocycles. The van der Waals surface area contributed by atoms with E-state index < -0.39 is 0 Å². The largest absolute Gasteiger partial charge is 0.377 e. The van der Waals surface area contributed by atoms with Gasteiger partial charge in [0.25, 0.3) is 0 Å². The van der Waals surface area contributed by atoms with Crippen LogP contribution in [0, 0.1) is 13.8 Å². The van der Waals surface area contributed by atoms with Crippen LogP contribution >= 0.6 is 0 Å². The fraction of sp³-hybridized carbons (Fsp3) is 0.600. The predicted molar refractivity (Wildman–Crippen MR) is 74.8 cm³/mol. The maximum atomic E-state index is 6.00. The van der Waals surface area contributed by atoms with Gasteiger partial charge in [-0.1, -0.05) is 12.5 Å². The van der Waals surface area contributed by atoms with Crippen molar-refractivity contribution in [2.45, 2.75) is 38.5 Å². The molecule has 0 atom stereocenters. The molecule has 1 saturated carbocycles. The first kappa shape index (κ1) is 12.4. The normalized spacial score (nSPS) is 17.7. The maximum absolute atomic E-state index is 6.00. The monoisotopic (exact) mass is 232 g/mol. The molecule has 0 radical (unpaired) electrons. The molecule has 1 fully saturated rings. The molecule has 1 aliphatic carbocycles. The van der Waals surface area contributed by atoms with Crippen molar-refractivity contribution in [3.63, 3.8) is 0 Å². The van der Waals surface area contributed by atoms with Crippen LogP contribution in [0.4, 0.5) is 5.69 Å². The van der Waals surface area contributed by atoms with Crippen LogP contribution in [0.25, 0.3) is 0 Å². The molecule has 0 amide bonds. The second kappa shape index (κ2) is 4.34. The Morgan fingerprint density at radius 1 is 1.24 bits per heavy atom. The van der Waals surface area contributed by atoms with Gasteiger partial charge in [-0.15, -0.1) is 0 Å². The van der Waals surface area contributed by atoms with Crippen molar-refractivity contribution in [1.29, 1.82) is 0 Å². The van der Waals surface area contributed by atoms with E-state index in [0.29, 0.717) is 0 Å². The zero-order chi connectivity index (χ0) is 12.6. The van der Waals surface area contributed by atoms with Crippen LogP contribution in [-0.4, -0.2) is 20.6 Å². The highest BCUT2D eigenvalue weighted by Crippen LogP contribution is 2.44. The number of nitrogens with two attached hydrogens (primary N) is 1. The summed E-state index contributed by atoms with van der Waals surface area (Å²) >= 11 is 0. The zero-order valence-electron chi connectivity index (χ0n) is 11.5. The van der Waals surface area contributed by atoms with Gasteiger partial charge in [-0.25, -0.2) is 0 Å². The molecule has 0 heterocycles. The predicted octanol–water partition coefficient (Wildman–Crippen LogP) is 2.75. The molecule has 0 unspecified atom stereocenters. The number of nitrogens with zero attached hydrogens (tertiary/aromatic N) is 1. The van der Waals surface area contributed by atoms with Crippen molar-refractivity contribution < 1.29 is 0 Å². The van der Waals surface area contributed by atoms with Gasteiger partial charge in [-0.2, -0.15) is 0 Å². The Balaban J connectivity index is 2.49. The van der Waals surface area contributed by atoms with Gasteiger partial charge < -0.3 is 10.6 Å². The van der Waals surface area contributed by atoms with E-state index in [0.717, 1.165) is 6.54 Å². The average Bonchev–Trinajstić information content (AvgIpc) is 2.21. The maximum Gasteiger partial charge on any atom is 0.0396 e. The van der Waals surface area contributed by atoms with E-state index in [1.807, 2.05) is 0 Å². The Hall–Kier alpha value is -1.02. The summed E-state index contributed by atoms with van der Waals surface area (Å²) in [5.41, 5.74) is 11.8. The summed E-state index contributed by atoms with van der Waals surface area (Å²) in [5, 5.41) is 0. The highest BCUT2D eigenvalue weighted by molar-refractivity contribution is 5.58. The van der Waals surface area contributed by atoms with Gasteiger partial charge >= 0.3 is 0 Å². The van der Waals surface area contributed by atoms with E-state index in [4.69, 9.17) is 5.73 Å². The molecule has 17 heavy (non-hydrogen) atoms. The molecule has 2 heteroatoms. The molecule has 1 aliphatic rings. The van der Waals surface area contributed by atoms with E-state index >= 15 is 0 Å². The van der Waals surface area contributed by atoms with Crippen molar-refractivity contribution in [3.05, 3.63) is 28.8 Å². The molecule has 2 rings (SSSR count). The highest BCUT2D eigenvalue weighted by Gasteiger charge is 2.37. The number of benzene rings is 1. The summed E-state index contributed by atoms with van der Waals surface area (Å²) in [4.78, 5) is 2.20. The van der Waals surface area contributed by atoms with Crippen molar-refractivity contribution in [2.24, 2.45) is 5.73 Å². The van der Waals surface area contributed by atoms with Crippen LogP contribution in [-0.2, 0) is 5.41 Å². The molecule has 0 spiro atoms. The Kier molecular flexibility index (Phi) is 3.17. The summed E-state index contributed by atoms with van der Waals surface area (Å²) in [6.07, 6.45) is 3.82. The molecule has 0 saturated heterocycles. The second-order valence-corrected chi connectivity index (χ2v) is 5.67. The smallest absolute Gasteiger partial charge is 0.0396 e.